The number of methoxy groups -OCH3 is 1. The molecule has 0 saturated heterocycles. The van der Waals surface area contributed by atoms with E-state index >= 15 is 0 Å². The minimum Gasteiger partial charge on any atom is -0.465 e. The van der Waals surface area contributed by atoms with Crippen molar-refractivity contribution < 1.29 is 33.3 Å². The molecule has 0 bridgehead atoms. The lowest BCUT2D eigenvalue weighted by Crippen LogP contribution is -2.44. The Kier molecular flexibility index (Phi) is 8.66. The van der Waals surface area contributed by atoms with Crippen LogP contribution >= 0.6 is 0 Å². The maximum Gasteiger partial charge on any atom is 0.508 e. The van der Waals surface area contributed by atoms with Crippen LogP contribution in [0.4, 0.5) is 4.79 Å². The number of carbonyl (C=O) groups excluding carboxylic acids is 3. The molecule has 168 valence electrons. The van der Waals surface area contributed by atoms with Crippen molar-refractivity contribution in [3.05, 3.63) is 48.2 Å². The van der Waals surface area contributed by atoms with Crippen molar-refractivity contribution in [3.8, 4) is 0 Å². The predicted octanol–water partition coefficient (Wildman–Crippen LogP) is 3.56. The second-order valence-electron chi connectivity index (χ2n) is 6.89. The van der Waals surface area contributed by atoms with E-state index in [2.05, 4.69) is 4.74 Å². The largest absolute Gasteiger partial charge is 0.508 e. The quantitative estimate of drug-likeness (QED) is 0.246. The van der Waals surface area contributed by atoms with Crippen molar-refractivity contribution in [3.63, 3.8) is 0 Å². The van der Waals surface area contributed by atoms with Crippen LogP contribution in [0.15, 0.2) is 42.5 Å². The Morgan fingerprint density at radius 3 is 2.23 bits per heavy atom. The molecule has 2 rings (SSSR count). The van der Waals surface area contributed by atoms with Crippen LogP contribution in [-0.2, 0) is 42.0 Å². The van der Waals surface area contributed by atoms with Crippen molar-refractivity contribution in [1.82, 2.24) is 4.57 Å². The molecular formula is C23H29NO7. The summed E-state index contributed by atoms with van der Waals surface area (Å²) >= 11 is 0. The first kappa shape index (κ1) is 24.0. The lowest BCUT2D eigenvalue weighted by molar-refractivity contribution is -0.172. The van der Waals surface area contributed by atoms with E-state index in [0.29, 0.717) is 0 Å². The topological polar surface area (TPSA) is 93.1 Å². The molecule has 8 nitrogen and oxygen atoms in total. The summed E-state index contributed by atoms with van der Waals surface area (Å²) in [7, 11) is 3.10. The average molecular weight is 431 g/mol. The molecule has 2 aromatic rings. The van der Waals surface area contributed by atoms with Gasteiger partial charge in [0.2, 0.25) is 0 Å². The number of rotatable bonds is 10. The molecule has 0 spiro atoms. The van der Waals surface area contributed by atoms with Gasteiger partial charge in [-0.2, -0.15) is 0 Å². The zero-order chi connectivity index (χ0) is 22.9. The van der Waals surface area contributed by atoms with Crippen molar-refractivity contribution in [2.45, 2.75) is 26.7 Å². The Morgan fingerprint density at radius 1 is 1.00 bits per heavy atom. The van der Waals surface area contributed by atoms with E-state index in [-0.39, 0.29) is 32.7 Å². The van der Waals surface area contributed by atoms with Crippen LogP contribution in [0.3, 0.4) is 0 Å². The van der Waals surface area contributed by atoms with Gasteiger partial charge in [-0.05, 0) is 37.8 Å². The molecule has 0 unspecified atom stereocenters. The minimum absolute atomic E-state index is 0.0245. The molecule has 0 aliphatic rings. The minimum atomic E-state index is -1.57. The van der Waals surface area contributed by atoms with Crippen LogP contribution < -0.4 is 0 Å². The van der Waals surface area contributed by atoms with Gasteiger partial charge >= 0.3 is 18.1 Å². The summed E-state index contributed by atoms with van der Waals surface area (Å²) in [4.78, 5) is 37.2. The van der Waals surface area contributed by atoms with Crippen LogP contribution in [-0.4, -0.2) is 49.6 Å². The van der Waals surface area contributed by atoms with E-state index in [1.807, 2.05) is 41.9 Å². The van der Waals surface area contributed by atoms with E-state index < -0.39 is 23.5 Å². The molecule has 8 heteroatoms. The number of hydrogen-bond acceptors (Lipinski definition) is 7. The van der Waals surface area contributed by atoms with Crippen molar-refractivity contribution in [2.75, 3.05) is 26.9 Å². The lowest BCUT2D eigenvalue weighted by Gasteiger charge is -2.28. The highest BCUT2D eigenvalue weighted by Gasteiger charge is 2.48. The average Bonchev–Trinajstić information content (AvgIpc) is 3.08. The highest BCUT2D eigenvalue weighted by molar-refractivity contribution is 6.00. The highest BCUT2D eigenvalue weighted by Crippen LogP contribution is 2.33. The molecule has 1 aromatic carbocycles. The molecule has 1 aromatic heterocycles. The summed E-state index contributed by atoms with van der Waals surface area (Å²) in [5.74, 6) is -1.31. The van der Waals surface area contributed by atoms with E-state index in [0.717, 1.165) is 16.6 Å². The summed E-state index contributed by atoms with van der Waals surface area (Å²) < 4.78 is 21.7. The van der Waals surface area contributed by atoms with Gasteiger partial charge < -0.3 is 23.5 Å². The third-order valence-corrected chi connectivity index (χ3v) is 4.96. The van der Waals surface area contributed by atoms with Gasteiger partial charge in [0.1, 0.15) is 6.61 Å². The maximum atomic E-state index is 13.1. The van der Waals surface area contributed by atoms with Crippen LogP contribution in [0.5, 0.6) is 0 Å². The van der Waals surface area contributed by atoms with Gasteiger partial charge in [-0.3, -0.25) is 9.59 Å². The molecule has 0 radical (unpaired) electrons. The van der Waals surface area contributed by atoms with E-state index in [1.54, 1.807) is 26.0 Å². The first-order valence-corrected chi connectivity index (χ1v) is 10.1. The second kappa shape index (κ2) is 11.2. The summed E-state index contributed by atoms with van der Waals surface area (Å²) in [6.07, 6.45) is 2.46. The van der Waals surface area contributed by atoms with E-state index in [9.17, 15) is 14.4 Å². The smallest absolute Gasteiger partial charge is 0.465 e. The second-order valence-corrected chi connectivity index (χ2v) is 6.89. The van der Waals surface area contributed by atoms with Gasteiger partial charge in [0, 0.05) is 24.7 Å². The zero-order valence-electron chi connectivity index (χ0n) is 18.4. The number of allylic oxidation sites excluding steroid dienone is 1. The summed E-state index contributed by atoms with van der Waals surface area (Å²) in [5.41, 5.74) is 0.207. The highest BCUT2D eigenvalue weighted by atomic mass is 16.7. The maximum absolute atomic E-state index is 13.1. The number of nitrogens with zero attached hydrogens (tertiary/aromatic N) is 1. The molecule has 31 heavy (non-hydrogen) atoms. The van der Waals surface area contributed by atoms with Gasteiger partial charge in [0.15, 0.2) is 5.41 Å². The van der Waals surface area contributed by atoms with Gasteiger partial charge in [-0.25, -0.2) is 4.79 Å². The number of carbonyl (C=O) groups is 3. The molecule has 0 aliphatic carbocycles. The molecule has 0 N–H and O–H groups in total. The fourth-order valence-corrected chi connectivity index (χ4v) is 3.36. The fourth-order valence-electron chi connectivity index (χ4n) is 3.36. The number of para-hydroxylation sites is 1. The summed E-state index contributed by atoms with van der Waals surface area (Å²) in [6, 6.07) is 9.76. The van der Waals surface area contributed by atoms with E-state index in [1.165, 1.54) is 7.11 Å². The van der Waals surface area contributed by atoms with Crippen molar-refractivity contribution in [1.29, 1.82) is 0 Å². The Labute approximate surface area is 181 Å². The molecular weight excluding hydrogens is 402 g/mol. The van der Waals surface area contributed by atoms with Crippen LogP contribution in [0.2, 0.25) is 0 Å². The SMILES string of the molecule is CCOC(=O)C(C/C=C/COC(=O)OC)(Cc1cc2ccccc2n1C)C(=O)OCC. The number of esters is 2. The first-order valence-electron chi connectivity index (χ1n) is 10.1. The predicted molar refractivity (Wildman–Crippen MR) is 114 cm³/mol. The first-order chi connectivity index (χ1) is 14.9. The van der Waals surface area contributed by atoms with Crippen molar-refractivity contribution >= 4 is 29.0 Å². The van der Waals surface area contributed by atoms with Crippen LogP contribution in [0.25, 0.3) is 10.9 Å². The number of ether oxygens (including phenoxy) is 4. The Morgan fingerprint density at radius 2 is 1.65 bits per heavy atom. The summed E-state index contributed by atoms with van der Waals surface area (Å²) in [6.45, 7) is 3.58. The van der Waals surface area contributed by atoms with Crippen LogP contribution in [0.1, 0.15) is 26.0 Å². The Hall–Kier alpha value is -3.29. The summed E-state index contributed by atoms with van der Waals surface area (Å²) in [5, 5.41) is 1.00. The lowest BCUT2D eigenvalue weighted by atomic mass is 9.79. The van der Waals surface area contributed by atoms with Gasteiger partial charge in [0.25, 0.3) is 0 Å². The zero-order valence-corrected chi connectivity index (χ0v) is 18.4. The fraction of sp³-hybridized carbons (Fsp3) is 0.435. The molecule has 0 amide bonds. The normalized spacial score (nSPS) is 11.5. The standard InChI is InChI=1S/C23H29NO7/c1-5-29-20(25)23(21(26)30-6-2,13-9-10-14-31-22(27)28-4)16-18-15-17-11-7-8-12-19(17)24(18)3/h7-12,15H,5-6,13-14,16H2,1-4H3/b10-9+. The number of benzene rings is 1. The Balaban J connectivity index is 2.41. The third-order valence-electron chi connectivity index (χ3n) is 4.96. The monoisotopic (exact) mass is 431 g/mol. The van der Waals surface area contributed by atoms with Gasteiger partial charge in [0.05, 0.1) is 20.3 Å². The molecule has 1 heterocycles. The van der Waals surface area contributed by atoms with Crippen molar-refractivity contribution in [2.24, 2.45) is 12.5 Å². The number of fused-ring (bicyclic) bond motifs is 1. The molecule has 0 aliphatic heterocycles. The van der Waals surface area contributed by atoms with Crippen LogP contribution in [0, 0.1) is 5.41 Å². The number of aromatic nitrogens is 1. The Bertz CT molecular complexity index is 927. The molecule has 0 atom stereocenters. The van der Waals surface area contributed by atoms with E-state index in [4.69, 9.17) is 14.2 Å². The molecule has 0 fully saturated rings. The van der Waals surface area contributed by atoms with Gasteiger partial charge in [-0.1, -0.05) is 30.4 Å². The number of aryl methyl sites for hydroxylation is 1. The number of hydrogen-bond donors (Lipinski definition) is 0. The molecule has 0 saturated carbocycles. The van der Waals surface area contributed by atoms with Gasteiger partial charge in [-0.15, -0.1) is 0 Å². The third kappa shape index (κ3) is 5.65.